The fourth-order valence-electron chi connectivity index (χ4n) is 5.00. The van der Waals surface area contributed by atoms with Gasteiger partial charge in [-0.05, 0) is 82.4 Å². The van der Waals surface area contributed by atoms with E-state index >= 15 is 0 Å². The second-order valence-corrected chi connectivity index (χ2v) is 11.2. The van der Waals surface area contributed by atoms with Crippen molar-refractivity contribution in [3.8, 4) is 11.8 Å². The van der Waals surface area contributed by atoms with Crippen LogP contribution in [-0.4, -0.2) is 34.7 Å². The topological polar surface area (TPSA) is 80.6 Å². The Bertz CT molecular complexity index is 638. The third-order valence-electron chi connectivity index (χ3n) is 6.40. The quantitative estimate of drug-likeness (QED) is 0.229. The first-order valence-corrected chi connectivity index (χ1v) is 12.4. The number of fused-ring (bicyclic) bond motifs is 1. The summed E-state index contributed by atoms with van der Waals surface area (Å²) < 4.78 is 11.2. The Morgan fingerprint density at radius 3 is 2.67 bits per heavy atom. The summed E-state index contributed by atoms with van der Waals surface area (Å²) in [4.78, 5) is 11.2. The van der Waals surface area contributed by atoms with Gasteiger partial charge in [0, 0.05) is 13.3 Å². The smallest absolute Gasteiger partial charge is 0.799 e. The molecule has 3 rings (SSSR count). The van der Waals surface area contributed by atoms with Crippen LogP contribution >= 0.6 is 7.37 Å². The Morgan fingerprint density at radius 1 is 1.30 bits per heavy atom. The molecule has 3 unspecified atom stereocenters. The Morgan fingerprint density at radius 2 is 2.00 bits per heavy atom. The van der Waals surface area contributed by atoms with E-state index in [0.717, 1.165) is 51.4 Å². The van der Waals surface area contributed by atoms with Crippen molar-refractivity contribution in [3.63, 3.8) is 0 Å². The van der Waals surface area contributed by atoms with E-state index in [1.807, 2.05) is 0 Å². The van der Waals surface area contributed by atoms with Crippen LogP contribution in [0.4, 0.5) is 0 Å². The van der Waals surface area contributed by atoms with Crippen LogP contribution in [0, 0.1) is 29.6 Å². The number of rotatable bonds is 4. The number of hydrogen-bond donors (Lipinski definition) is 2. The van der Waals surface area contributed by atoms with Crippen molar-refractivity contribution in [2.24, 2.45) is 17.8 Å². The molecule has 2 N–H and O–H groups in total. The molecule has 3 fully saturated rings. The monoisotopic (exact) mass is 402 g/mol. The summed E-state index contributed by atoms with van der Waals surface area (Å²) in [6.45, 7) is 1.31. The van der Waals surface area contributed by atoms with Gasteiger partial charge in [-0.2, -0.15) is 0 Å². The van der Waals surface area contributed by atoms with Gasteiger partial charge in [0.25, 0.3) is 0 Å². The van der Waals surface area contributed by atoms with Crippen molar-refractivity contribution in [2.75, 3.05) is 12.8 Å². The van der Waals surface area contributed by atoms with Crippen molar-refractivity contribution in [1.82, 2.24) is 0 Å². The van der Waals surface area contributed by atoms with Crippen LogP contribution in [0.3, 0.4) is 0 Å². The van der Waals surface area contributed by atoms with Crippen molar-refractivity contribution < 1.29 is 49.2 Å². The number of unbranched alkanes of at least 4 members (excludes halogenated alkanes) is 1. The normalized spacial score (nSPS) is 35.6. The molecule has 0 bridgehead atoms. The maximum atomic E-state index is 11.2. The zero-order valence-corrected chi connectivity index (χ0v) is 19.7. The largest absolute Gasteiger partial charge is 1.00 e. The van der Waals surface area contributed by atoms with Crippen LogP contribution in [0.2, 0.25) is 0 Å². The van der Waals surface area contributed by atoms with E-state index in [-0.39, 0.29) is 47.7 Å². The molecule has 5 atom stereocenters. The third-order valence-corrected chi connectivity index (χ3v) is 7.53. The molecular weight excluding hydrogens is 370 g/mol. The van der Waals surface area contributed by atoms with Crippen LogP contribution in [0.1, 0.15) is 64.2 Å². The minimum Gasteiger partial charge on any atom is -0.799 e. The van der Waals surface area contributed by atoms with Gasteiger partial charge in [-0.25, -0.2) is 0 Å². The minimum absolute atomic E-state index is 0. The molecule has 146 valence electrons. The van der Waals surface area contributed by atoms with Gasteiger partial charge in [0.1, 0.15) is 5.60 Å². The molecule has 0 aromatic heterocycles. The molecule has 0 aliphatic heterocycles. The van der Waals surface area contributed by atoms with Crippen molar-refractivity contribution in [3.05, 3.63) is 11.6 Å². The molecule has 6 heteroatoms. The molecule has 0 radical (unpaired) electrons. The average Bonchev–Trinajstić information content (AvgIpc) is 3.06. The maximum absolute atomic E-state index is 11.2. The molecule has 3 aliphatic carbocycles. The van der Waals surface area contributed by atoms with E-state index in [1.165, 1.54) is 18.7 Å². The van der Waals surface area contributed by atoms with E-state index in [0.29, 0.717) is 18.3 Å². The standard InChI is InChI=1S/C21H33O4P.Na/c1-26(24,25)12-6-3-7-16-13-17-15-20(22)18(19(17)14-16)8-11-21(23)9-4-2-5-10-21;/h7,17-20,22-23H,2-6,9-10,12-15H2,1H3,(H,24,25);/q;+1/p-1/b16-7-;/t17?,18-,19?,20-;/m1./s1. The van der Waals surface area contributed by atoms with Gasteiger partial charge in [0.15, 0.2) is 0 Å². The predicted octanol–water partition coefficient (Wildman–Crippen LogP) is 0.0708. The van der Waals surface area contributed by atoms with Crippen molar-refractivity contribution in [1.29, 1.82) is 0 Å². The maximum Gasteiger partial charge on any atom is 1.00 e. The molecule has 0 aromatic carbocycles. The summed E-state index contributed by atoms with van der Waals surface area (Å²) in [5.41, 5.74) is 0.548. The molecule has 0 heterocycles. The molecule has 0 aromatic rings. The molecule has 0 amide bonds. The number of aliphatic hydroxyl groups is 2. The first-order chi connectivity index (χ1) is 12.3. The predicted molar refractivity (Wildman–Crippen MR) is 102 cm³/mol. The summed E-state index contributed by atoms with van der Waals surface area (Å²) in [7, 11) is -3.15. The van der Waals surface area contributed by atoms with Crippen LogP contribution < -0.4 is 34.5 Å². The molecule has 4 nitrogen and oxygen atoms in total. The Labute approximate surface area is 186 Å². The Kier molecular flexibility index (Phi) is 8.72. The van der Waals surface area contributed by atoms with Crippen molar-refractivity contribution in [2.45, 2.75) is 75.9 Å². The summed E-state index contributed by atoms with van der Waals surface area (Å²) in [5.74, 6) is 7.22. The van der Waals surface area contributed by atoms with Gasteiger partial charge in [-0.1, -0.05) is 29.9 Å². The number of aliphatic hydroxyl groups excluding tert-OH is 1. The molecule has 0 saturated heterocycles. The van der Waals surface area contributed by atoms with Crippen LogP contribution in [-0.2, 0) is 4.57 Å². The van der Waals surface area contributed by atoms with Gasteiger partial charge in [-0.15, -0.1) is 0 Å². The summed E-state index contributed by atoms with van der Waals surface area (Å²) in [6.07, 6.45) is 11.1. The van der Waals surface area contributed by atoms with Crippen molar-refractivity contribution >= 4 is 7.37 Å². The zero-order valence-electron chi connectivity index (χ0n) is 16.8. The molecule has 0 spiro atoms. The molecule has 3 saturated carbocycles. The van der Waals surface area contributed by atoms with Gasteiger partial charge in [-0.3, -0.25) is 0 Å². The Balaban J connectivity index is 0.00000261. The molecule has 3 aliphatic rings. The minimum atomic E-state index is -3.15. The van der Waals surface area contributed by atoms with Gasteiger partial charge in [0.2, 0.25) is 0 Å². The van der Waals surface area contributed by atoms with E-state index < -0.39 is 13.0 Å². The fraction of sp³-hybridized carbons (Fsp3) is 0.810. The zero-order chi connectivity index (χ0) is 18.8. The van der Waals surface area contributed by atoms with Crippen LogP contribution in [0.15, 0.2) is 11.6 Å². The SMILES string of the molecule is CP(=O)([O-])CCC/C=C1/CC2C[C@@H](O)[C@H](C#CC3(O)CCCCC3)C2C1.[Na+]. The van der Waals surface area contributed by atoms with Crippen LogP contribution in [0.5, 0.6) is 0 Å². The van der Waals surface area contributed by atoms with E-state index in [4.69, 9.17) is 0 Å². The number of allylic oxidation sites excluding steroid dienone is 2. The van der Waals surface area contributed by atoms with Crippen LogP contribution in [0.25, 0.3) is 0 Å². The summed E-state index contributed by atoms with van der Waals surface area (Å²) in [5, 5.41) is 21.0. The summed E-state index contributed by atoms with van der Waals surface area (Å²) >= 11 is 0. The van der Waals surface area contributed by atoms with Gasteiger partial charge in [0.05, 0.1) is 6.10 Å². The van der Waals surface area contributed by atoms with Gasteiger partial charge < -0.3 is 19.7 Å². The third kappa shape index (κ3) is 6.71. The first kappa shape index (κ1) is 23.7. The fourth-order valence-corrected chi connectivity index (χ4v) is 5.75. The summed E-state index contributed by atoms with van der Waals surface area (Å²) in [6, 6.07) is 0. The second-order valence-electron chi connectivity index (χ2n) is 8.76. The molecular formula is C21H32NaO4P. The first-order valence-electron chi connectivity index (χ1n) is 10.1. The van der Waals surface area contributed by atoms with E-state index in [2.05, 4.69) is 17.9 Å². The average molecular weight is 402 g/mol. The van der Waals surface area contributed by atoms with E-state index in [9.17, 15) is 19.7 Å². The molecule has 27 heavy (non-hydrogen) atoms. The van der Waals surface area contributed by atoms with E-state index in [1.54, 1.807) is 0 Å². The van der Waals surface area contributed by atoms with Gasteiger partial charge >= 0.3 is 29.6 Å². The second kappa shape index (κ2) is 9.94. The Hall–Kier alpha value is 0.410. The number of hydrogen-bond acceptors (Lipinski definition) is 4.